The second-order valence-electron chi connectivity index (χ2n) is 7.58. The summed E-state index contributed by atoms with van der Waals surface area (Å²) in [6.07, 6.45) is 5.22. The van der Waals surface area contributed by atoms with Gasteiger partial charge in [-0.25, -0.2) is 4.98 Å². The number of carbonyl (C=O) groups excluding carboxylic acids is 1. The number of aromatic nitrogens is 1. The first-order chi connectivity index (χ1) is 12.2. The van der Waals surface area contributed by atoms with E-state index >= 15 is 0 Å². The molecule has 1 amide bonds. The van der Waals surface area contributed by atoms with Crippen molar-refractivity contribution in [2.24, 2.45) is 11.8 Å². The van der Waals surface area contributed by atoms with Crippen LogP contribution in [0.2, 0.25) is 0 Å². The molecule has 5 nitrogen and oxygen atoms in total. The van der Waals surface area contributed by atoms with Crippen molar-refractivity contribution in [2.75, 3.05) is 50.7 Å². The highest BCUT2D eigenvalue weighted by molar-refractivity contribution is 5.78. The molecule has 2 fully saturated rings. The van der Waals surface area contributed by atoms with Crippen LogP contribution in [0.25, 0.3) is 0 Å². The first-order valence-electron chi connectivity index (χ1n) is 9.84. The molecule has 138 valence electrons. The van der Waals surface area contributed by atoms with E-state index in [-0.39, 0.29) is 5.92 Å². The maximum absolute atomic E-state index is 12.5. The van der Waals surface area contributed by atoms with E-state index in [0.29, 0.717) is 11.8 Å². The Kier molecular flexibility index (Phi) is 6.29. The molecule has 0 bridgehead atoms. The Morgan fingerprint density at radius 1 is 1.24 bits per heavy atom. The van der Waals surface area contributed by atoms with Gasteiger partial charge in [0, 0.05) is 57.9 Å². The van der Waals surface area contributed by atoms with Gasteiger partial charge in [-0.15, -0.1) is 0 Å². The third kappa shape index (κ3) is 4.72. The predicted octanol–water partition coefficient (Wildman–Crippen LogP) is 2.49. The van der Waals surface area contributed by atoms with E-state index in [9.17, 15) is 4.79 Å². The largest absolute Gasteiger partial charge is 0.354 e. The second-order valence-corrected chi connectivity index (χ2v) is 7.58. The van der Waals surface area contributed by atoms with Gasteiger partial charge in [0.1, 0.15) is 5.82 Å². The van der Waals surface area contributed by atoms with Crippen LogP contribution < -0.4 is 4.90 Å². The topological polar surface area (TPSA) is 39.7 Å². The molecule has 0 N–H and O–H groups in total. The van der Waals surface area contributed by atoms with Crippen molar-refractivity contribution >= 4 is 11.7 Å². The molecular weight excluding hydrogens is 312 g/mol. The van der Waals surface area contributed by atoms with Crippen molar-refractivity contribution < 1.29 is 4.79 Å². The van der Waals surface area contributed by atoms with Crippen molar-refractivity contribution in [1.29, 1.82) is 0 Å². The lowest BCUT2D eigenvalue weighted by Gasteiger charge is -2.40. The molecule has 2 atom stereocenters. The van der Waals surface area contributed by atoms with E-state index in [1.54, 1.807) is 0 Å². The zero-order valence-corrected chi connectivity index (χ0v) is 15.7. The molecule has 25 heavy (non-hydrogen) atoms. The number of pyridine rings is 1. The van der Waals surface area contributed by atoms with Crippen molar-refractivity contribution in [3.63, 3.8) is 0 Å². The Hall–Kier alpha value is -1.62. The molecule has 0 aliphatic carbocycles. The van der Waals surface area contributed by atoms with Crippen molar-refractivity contribution in [2.45, 2.75) is 33.1 Å². The van der Waals surface area contributed by atoms with E-state index in [1.807, 2.05) is 12.3 Å². The Labute approximate surface area is 152 Å². The highest BCUT2D eigenvalue weighted by atomic mass is 16.2. The van der Waals surface area contributed by atoms with Crippen LogP contribution in [-0.4, -0.2) is 66.5 Å². The summed E-state index contributed by atoms with van der Waals surface area (Å²) in [5, 5.41) is 0. The lowest BCUT2D eigenvalue weighted by Crippen LogP contribution is -2.50. The summed E-state index contributed by atoms with van der Waals surface area (Å²) < 4.78 is 0. The maximum Gasteiger partial charge on any atom is 0.225 e. The van der Waals surface area contributed by atoms with Crippen LogP contribution in [0, 0.1) is 11.8 Å². The summed E-state index contributed by atoms with van der Waals surface area (Å²) in [6.45, 7) is 11.4. The predicted molar refractivity (Wildman–Crippen MR) is 102 cm³/mol. The number of anilines is 1. The van der Waals surface area contributed by atoms with Gasteiger partial charge < -0.3 is 9.80 Å². The summed E-state index contributed by atoms with van der Waals surface area (Å²) in [5.41, 5.74) is 0. The minimum Gasteiger partial charge on any atom is -0.354 e. The summed E-state index contributed by atoms with van der Waals surface area (Å²) >= 11 is 0. The molecule has 1 aromatic heterocycles. The van der Waals surface area contributed by atoms with Gasteiger partial charge in [0.05, 0.1) is 0 Å². The molecule has 0 unspecified atom stereocenters. The minimum absolute atomic E-state index is 0.167. The number of piperazine rings is 1. The lowest BCUT2D eigenvalue weighted by atomic mass is 9.95. The summed E-state index contributed by atoms with van der Waals surface area (Å²) in [7, 11) is 0. The highest BCUT2D eigenvalue weighted by Crippen LogP contribution is 2.21. The van der Waals surface area contributed by atoms with Crippen LogP contribution in [0.4, 0.5) is 5.82 Å². The van der Waals surface area contributed by atoms with Gasteiger partial charge in [-0.2, -0.15) is 0 Å². The van der Waals surface area contributed by atoms with Crippen LogP contribution >= 0.6 is 0 Å². The second kappa shape index (κ2) is 8.65. The van der Waals surface area contributed by atoms with Crippen LogP contribution in [0.3, 0.4) is 0 Å². The van der Waals surface area contributed by atoms with E-state index in [2.05, 4.69) is 45.7 Å². The third-order valence-corrected chi connectivity index (χ3v) is 5.73. The zero-order valence-electron chi connectivity index (χ0n) is 15.7. The Morgan fingerprint density at radius 2 is 2.04 bits per heavy atom. The maximum atomic E-state index is 12.5. The van der Waals surface area contributed by atoms with E-state index in [0.717, 1.165) is 64.5 Å². The van der Waals surface area contributed by atoms with E-state index in [4.69, 9.17) is 0 Å². The van der Waals surface area contributed by atoms with E-state index < -0.39 is 0 Å². The molecule has 0 aromatic carbocycles. The fourth-order valence-corrected chi connectivity index (χ4v) is 3.97. The zero-order chi connectivity index (χ0) is 17.6. The quantitative estimate of drug-likeness (QED) is 0.823. The van der Waals surface area contributed by atoms with Crippen molar-refractivity contribution in [3.05, 3.63) is 24.4 Å². The number of piperidine rings is 1. The number of amides is 1. The number of rotatable bonds is 5. The van der Waals surface area contributed by atoms with Crippen molar-refractivity contribution in [1.82, 2.24) is 14.8 Å². The smallest absolute Gasteiger partial charge is 0.225 e. The van der Waals surface area contributed by atoms with Gasteiger partial charge in [-0.05, 0) is 37.3 Å². The minimum atomic E-state index is 0.167. The van der Waals surface area contributed by atoms with Gasteiger partial charge in [-0.1, -0.05) is 19.9 Å². The normalized spacial score (nSPS) is 23.5. The van der Waals surface area contributed by atoms with Crippen molar-refractivity contribution in [3.8, 4) is 0 Å². The number of hydrogen-bond acceptors (Lipinski definition) is 4. The van der Waals surface area contributed by atoms with Crippen LogP contribution in [0.1, 0.15) is 33.1 Å². The van der Waals surface area contributed by atoms with E-state index in [1.165, 1.54) is 6.42 Å². The molecule has 1 aromatic rings. The van der Waals surface area contributed by atoms with Gasteiger partial charge in [0.25, 0.3) is 0 Å². The monoisotopic (exact) mass is 344 g/mol. The molecule has 2 aliphatic rings. The van der Waals surface area contributed by atoms with Gasteiger partial charge in [0.2, 0.25) is 5.91 Å². The average molecular weight is 345 g/mol. The highest BCUT2D eigenvalue weighted by Gasteiger charge is 2.28. The Morgan fingerprint density at radius 3 is 2.72 bits per heavy atom. The molecule has 3 heterocycles. The van der Waals surface area contributed by atoms with Gasteiger partial charge >= 0.3 is 0 Å². The Bertz CT molecular complexity index is 542. The lowest BCUT2D eigenvalue weighted by molar-refractivity contribution is -0.137. The fraction of sp³-hybridized carbons (Fsp3) is 0.700. The first kappa shape index (κ1) is 18.2. The molecule has 3 rings (SSSR count). The molecule has 5 heteroatoms. The van der Waals surface area contributed by atoms with Gasteiger partial charge in [0.15, 0.2) is 0 Å². The number of hydrogen-bond donors (Lipinski definition) is 0. The molecule has 0 radical (unpaired) electrons. The summed E-state index contributed by atoms with van der Waals surface area (Å²) in [4.78, 5) is 24.0. The van der Waals surface area contributed by atoms with Crippen LogP contribution in [0.15, 0.2) is 24.4 Å². The van der Waals surface area contributed by atoms with Crippen LogP contribution in [0.5, 0.6) is 0 Å². The molecule has 2 aliphatic heterocycles. The van der Waals surface area contributed by atoms with Crippen LogP contribution in [-0.2, 0) is 4.79 Å². The molecule has 0 saturated carbocycles. The van der Waals surface area contributed by atoms with Gasteiger partial charge in [-0.3, -0.25) is 9.69 Å². The number of likely N-dealkylation sites (tertiary alicyclic amines) is 1. The summed E-state index contributed by atoms with van der Waals surface area (Å²) in [5.74, 6) is 2.24. The molecule has 2 saturated heterocycles. The molecule has 0 spiro atoms. The first-order valence-corrected chi connectivity index (χ1v) is 9.84. The third-order valence-electron chi connectivity index (χ3n) is 5.73. The Balaban J connectivity index is 1.46. The average Bonchev–Trinajstić information content (AvgIpc) is 2.68. The standard InChI is InChI=1S/C20H32N4O/c1-3-17(2)20(25)24-10-6-7-18(16-24)15-22-11-13-23(14-12-22)19-8-4-5-9-21-19/h4-5,8-9,17-18H,3,6-7,10-16H2,1-2H3/t17-,18-/m1/s1. The fourth-order valence-electron chi connectivity index (χ4n) is 3.97. The number of nitrogens with zero attached hydrogens (tertiary/aromatic N) is 4. The molecular formula is C20H32N4O. The SMILES string of the molecule is CC[C@@H](C)C(=O)N1CCC[C@H](CN2CCN(c3ccccn3)CC2)C1. The summed E-state index contributed by atoms with van der Waals surface area (Å²) in [6, 6.07) is 6.12. The number of carbonyl (C=O) groups is 1.